The van der Waals surface area contributed by atoms with E-state index in [2.05, 4.69) is 42.2 Å². The first-order valence-electron chi connectivity index (χ1n) is 11.6. The van der Waals surface area contributed by atoms with Crippen molar-refractivity contribution in [1.82, 2.24) is 10.5 Å². The smallest absolute Gasteiger partial charge is 0.227 e. The van der Waals surface area contributed by atoms with Gasteiger partial charge in [-0.05, 0) is 35.4 Å². The van der Waals surface area contributed by atoms with E-state index < -0.39 is 14.1 Å². The largest absolute Gasteiger partial charge is 0.497 e. The molecule has 1 aromatic heterocycles. The number of aromatic nitrogens is 1. The van der Waals surface area contributed by atoms with Crippen LogP contribution >= 0.6 is 0 Å². The predicted octanol–water partition coefficient (Wildman–Crippen LogP) is 4.59. The summed E-state index contributed by atoms with van der Waals surface area (Å²) in [6.45, 7) is 6.88. The van der Waals surface area contributed by atoms with Crippen molar-refractivity contribution in [2.75, 3.05) is 7.11 Å². The summed E-state index contributed by atoms with van der Waals surface area (Å²) in [5, 5.41) is 9.10. The number of benzene rings is 3. The Morgan fingerprint density at radius 1 is 0.943 bits per heavy atom. The van der Waals surface area contributed by atoms with Crippen LogP contribution in [0.15, 0.2) is 77.3 Å². The van der Waals surface area contributed by atoms with E-state index in [0.29, 0.717) is 22.6 Å². The number of ketones is 1. The molecular weight excluding hydrogens is 456 g/mol. The van der Waals surface area contributed by atoms with E-state index in [9.17, 15) is 9.59 Å². The maximum absolute atomic E-state index is 13.4. The van der Waals surface area contributed by atoms with E-state index in [4.69, 9.17) is 9.26 Å². The van der Waals surface area contributed by atoms with Crippen LogP contribution in [0, 0.1) is 0 Å². The molecule has 1 N–H and O–H groups in total. The van der Waals surface area contributed by atoms with Crippen LogP contribution < -0.4 is 15.2 Å². The molecule has 1 atom stereocenters. The van der Waals surface area contributed by atoms with Crippen LogP contribution in [0.5, 0.6) is 5.75 Å². The predicted molar refractivity (Wildman–Crippen MR) is 140 cm³/mol. The lowest BCUT2D eigenvalue weighted by Crippen LogP contribution is -2.37. The lowest BCUT2D eigenvalue weighted by atomic mass is 9.97. The van der Waals surface area contributed by atoms with E-state index in [-0.39, 0.29) is 24.5 Å². The molecule has 1 unspecified atom stereocenters. The molecule has 7 heteroatoms. The number of methoxy groups -OCH3 is 1. The molecule has 6 nitrogen and oxygen atoms in total. The van der Waals surface area contributed by atoms with E-state index in [1.54, 1.807) is 25.3 Å². The molecule has 0 radical (unpaired) electrons. The average Bonchev–Trinajstić information content (AvgIpc) is 3.25. The van der Waals surface area contributed by atoms with Crippen LogP contribution in [0.2, 0.25) is 19.6 Å². The highest BCUT2D eigenvalue weighted by molar-refractivity contribution is 6.88. The number of ether oxygens (including phenoxy) is 1. The minimum Gasteiger partial charge on any atom is -0.497 e. The van der Waals surface area contributed by atoms with Crippen molar-refractivity contribution < 1.29 is 18.8 Å². The summed E-state index contributed by atoms with van der Waals surface area (Å²) in [5.74, 6) is 0.295. The van der Waals surface area contributed by atoms with Gasteiger partial charge in [-0.15, -0.1) is 0 Å². The highest BCUT2D eigenvalue weighted by atomic mass is 28.3. The normalized spacial score (nSPS) is 12.3. The summed E-state index contributed by atoms with van der Waals surface area (Å²) in [6.07, 6.45) is 0.234. The molecule has 4 aromatic rings. The van der Waals surface area contributed by atoms with Crippen LogP contribution in [0.1, 0.15) is 22.9 Å². The number of hydrogen-bond donors (Lipinski definition) is 1. The fourth-order valence-electron chi connectivity index (χ4n) is 4.00. The van der Waals surface area contributed by atoms with E-state index >= 15 is 0 Å². The molecule has 0 saturated heterocycles. The molecule has 1 heterocycles. The molecule has 3 aromatic carbocycles. The molecule has 0 saturated carbocycles. The lowest BCUT2D eigenvalue weighted by Gasteiger charge is -2.19. The maximum Gasteiger partial charge on any atom is 0.227 e. The van der Waals surface area contributed by atoms with Gasteiger partial charge in [-0.25, -0.2) is 0 Å². The van der Waals surface area contributed by atoms with Gasteiger partial charge in [0.2, 0.25) is 5.91 Å². The van der Waals surface area contributed by atoms with Gasteiger partial charge in [0.25, 0.3) is 0 Å². The number of nitrogens with one attached hydrogen (secondary N) is 1. The third kappa shape index (κ3) is 5.86. The Morgan fingerprint density at radius 3 is 2.29 bits per heavy atom. The zero-order valence-electron chi connectivity index (χ0n) is 20.5. The Bertz CT molecular complexity index is 1320. The average molecular weight is 487 g/mol. The summed E-state index contributed by atoms with van der Waals surface area (Å²) in [4.78, 5) is 26.4. The number of fused-ring (bicyclic) bond motifs is 1. The quantitative estimate of drug-likeness (QED) is 0.350. The molecule has 4 rings (SSSR count). The minimum absolute atomic E-state index is 0.0157. The summed E-state index contributed by atoms with van der Waals surface area (Å²) >= 11 is 0. The Hall–Kier alpha value is -3.71. The van der Waals surface area contributed by atoms with Crippen molar-refractivity contribution in [1.29, 1.82) is 0 Å². The van der Waals surface area contributed by atoms with Gasteiger partial charge in [-0.3, -0.25) is 9.59 Å². The zero-order valence-corrected chi connectivity index (χ0v) is 21.5. The molecule has 0 aliphatic heterocycles. The molecule has 0 spiro atoms. The van der Waals surface area contributed by atoms with E-state index in [1.807, 2.05) is 42.5 Å². The summed E-state index contributed by atoms with van der Waals surface area (Å²) in [7, 11) is 0.169. The minimum atomic E-state index is -1.42. The lowest BCUT2D eigenvalue weighted by molar-refractivity contribution is -0.127. The van der Waals surface area contributed by atoms with Crippen LogP contribution in [0.3, 0.4) is 0 Å². The number of rotatable bonds is 9. The van der Waals surface area contributed by atoms with Gasteiger partial charge >= 0.3 is 0 Å². The van der Waals surface area contributed by atoms with Crippen molar-refractivity contribution in [3.05, 3.63) is 89.6 Å². The molecule has 0 fully saturated rings. The third-order valence-electron chi connectivity index (χ3n) is 6.05. The van der Waals surface area contributed by atoms with Gasteiger partial charge in [0.1, 0.15) is 17.5 Å². The van der Waals surface area contributed by atoms with Crippen LogP contribution in [0.4, 0.5) is 0 Å². The Kier molecular flexibility index (Phi) is 7.17. The number of amides is 1. The SMILES string of the molecule is COc1ccc(C(NC(=O)Cc2noc3ccccc23)C(=O)Cc2ccc([Si](C)(C)C)cc2)cc1. The standard InChI is InChI=1S/C28H30N2O4Si/c1-33-21-13-11-20(12-14-21)28(25(31)17-19-9-15-22(16-10-19)35(2,3)4)29-27(32)18-24-23-7-5-6-8-26(23)34-30-24/h5-16,28H,17-18H2,1-4H3,(H,29,32). The second-order valence-corrected chi connectivity index (χ2v) is 14.7. The number of carbonyl (C=O) groups excluding carboxylic acids is 2. The van der Waals surface area contributed by atoms with Gasteiger partial charge in [-0.1, -0.05) is 78.5 Å². The third-order valence-corrected chi connectivity index (χ3v) is 8.12. The fourth-order valence-corrected chi connectivity index (χ4v) is 5.17. The monoisotopic (exact) mass is 486 g/mol. The molecular formula is C28H30N2O4Si. The summed E-state index contributed by atoms with van der Waals surface area (Å²) in [6, 6.07) is 22.1. The topological polar surface area (TPSA) is 81.4 Å². The van der Waals surface area contributed by atoms with Gasteiger partial charge in [-0.2, -0.15) is 0 Å². The molecule has 0 bridgehead atoms. The highest BCUT2D eigenvalue weighted by Crippen LogP contribution is 2.22. The Balaban J connectivity index is 1.54. The second-order valence-electron chi connectivity index (χ2n) is 9.67. The molecule has 180 valence electrons. The fraction of sp³-hybridized carbons (Fsp3) is 0.250. The number of para-hydroxylation sites is 1. The maximum atomic E-state index is 13.4. The Morgan fingerprint density at radius 2 is 1.63 bits per heavy atom. The van der Waals surface area contributed by atoms with Gasteiger partial charge in [0.05, 0.1) is 21.6 Å². The summed E-state index contributed by atoms with van der Waals surface area (Å²) < 4.78 is 10.6. The van der Waals surface area contributed by atoms with Crippen molar-refractivity contribution in [3.63, 3.8) is 0 Å². The first-order valence-corrected chi connectivity index (χ1v) is 15.1. The molecule has 0 aliphatic rings. The number of nitrogens with zero attached hydrogens (tertiary/aromatic N) is 1. The second kappa shape index (κ2) is 10.3. The van der Waals surface area contributed by atoms with Gasteiger partial charge < -0.3 is 14.6 Å². The van der Waals surface area contributed by atoms with Crippen molar-refractivity contribution in [2.24, 2.45) is 0 Å². The van der Waals surface area contributed by atoms with Crippen LogP contribution in [-0.4, -0.2) is 32.0 Å². The first-order chi connectivity index (χ1) is 16.7. The van der Waals surface area contributed by atoms with Gasteiger partial charge in [0, 0.05) is 11.8 Å². The van der Waals surface area contributed by atoms with Gasteiger partial charge in [0.15, 0.2) is 11.4 Å². The van der Waals surface area contributed by atoms with Crippen LogP contribution in [-0.2, 0) is 22.4 Å². The highest BCUT2D eigenvalue weighted by Gasteiger charge is 2.24. The van der Waals surface area contributed by atoms with E-state index in [1.165, 1.54) is 5.19 Å². The number of carbonyl (C=O) groups is 2. The first kappa shape index (κ1) is 24.4. The van der Waals surface area contributed by atoms with E-state index in [0.717, 1.165) is 10.9 Å². The molecule has 0 aliphatic carbocycles. The zero-order chi connectivity index (χ0) is 25.0. The number of hydrogen-bond acceptors (Lipinski definition) is 5. The van der Waals surface area contributed by atoms with Crippen molar-refractivity contribution in [3.8, 4) is 5.75 Å². The molecule has 35 heavy (non-hydrogen) atoms. The Labute approximate surface area is 206 Å². The van der Waals surface area contributed by atoms with Crippen molar-refractivity contribution in [2.45, 2.75) is 38.5 Å². The molecule has 1 amide bonds. The number of Topliss-reactive ketones (excluding diaryl/α,β-unsaturated/α-hetero) is 1. The van der Waals surface area contributed by atoms with Crippen LogP contribution in [0.25, 0.3) is 11.0 Å². The van der Waals surface area contributed by atoms with Crippen molar-refractivity contribution >= 4 is 35.9 Å². The summed E-state index contributed by atoms with van der Waals surface area (Å²) in [5.41, 5.74) is 2.79.